The first-order valence-corrected chi connectivity index (χ1v) is 5.71. The van der Waals surface area contributed by atoms with Gasteiger partial charge >= 0.3 is 0 Å². The number of nitrogens with zero attached hydrogens (tertiary/aromatic N) is 3. The molecule has 0 aliphatic carbocycles. The molecule has 0 fully saturated rings. The summed E-state index contributed by atoms with van der Waals surface area (Å²) in [5.41, 5.74) is 2.41. The summed E-state index contributed by atoms with van der Waals surface area (Å²) in [5.74, 6) is 0.614. The van der Waals surface area contributed by atoms with Crippen LogP contribution in [0, 0.1) is 11.3 Å². The zero-order chi connectivity index (χ0) is 12.8. The van der Waals surface area contributed by atoms with E-state index in [9.17, 15) is 4.39 Å². The minimum atomic E-state index is -0.322. The summed E-state index contributed by atoms with van der Waals surface area (Å²) in [5, 5.41) is 8.71. The molecule has 0 N–H and O–H groups in total. The van der Waals surface area contributed by atoms with Gasteiger partial charge in [0, 0.05) is 18.0 Å². The average Bonchev–Trinajstić information content (AvgIpc) is 2.46. The van der Waals surface area contributed by atoms with E-state index >= 15 is 0 Å². The molecule has 0 atom stereocenters. The molecule has 0 aliphatic heterocycles. The highest BCUT2D eigenvalue weighted by molar-refractivity contribution is 5.56. The van der Waals surface area contributed by atoms with Crippen molar-refractivity contribution in [3.8, 4) is 17.5 Å². The molecule has 2 aromatic rings. The van der Waals surface area contributed by atoms with Crippen molar-refractivity contribution in [2.75, 3.05) is 6.67 Å². The van der Waals surface area contributed by atoms with Gasteiger partial charge in [-0.05, 0) is 42.7 Å². The number of rotatable bonds is 4. The van der Waals surface area contributed by atoms with Crippen LogP contribution in [-0.2, 0) is 6.42 Å². The molecular formula is C14H12FN3. The van der Waals surface area contributed by atoms with E-state index in [1.54, 1.807) is 24.5 Å². The first-order valence-electron chi connectivity index (χ1n) is 5.71. The third kappa shape index (κ3) is 2.89. The molecule has 0 unspecified atom stereocenters. The summed E-state index contributed by atoms with van der Waals surface area (Å²) < 4.78 is 12.0. The normalized spacial score (nSPS) is 10.0. The zero-order valence-electron chi connectivity index (χ0n) is 9.81. The third-order valence-corrected chi connectivity index (χ3v) is 2.58. The van der Waals surface area contributed by atoms with Gasteiger partial charge in [-0.3, -0.25) is 4.39 Å². The minimum Gasteiger partial charge on any atom is -0.251 e. The van der Waals surface area contributed by atoms with E-state index in [2.05, 4.69) is 16.0 Å². The molecule has 2 rings (SSSR count). The van der Waals surface area contributed by atoms with Crippen molar-refractivity contribution in [2.45, 2.75) is 12.8 Å². The highest BCUT2D eigenvalue weighted by Crippen LogP contribution is 2.15. The first-order chi connectivity index (χ1) is 8.83. The van der Waals surface area contributed by atoms with Gasteiger partial charge in [-0.15, -0.1) is 0 Å². The van der Waals surface area contributed by atoms with Crippen LogP contribution >= 0.6 is 0 Å². The van der Waals surface area contributed by atoms with E-state index in [1.807, 2.05) is 12.1 Å². The SMILES string of the molecule is N#Cc1ccc(-c2ncc(CCCF)cn2)cc1. The summed E-state index contributed by atoms with van der Waals surface area (Å²) in [6, 6.07) is 9.15. The van der Waals surface area contributed by atoms with Gasteiger partial charge in [-0.1, -0.05) is 0 Å². The lowest BCUT2D eigenvalue weighted by Crippen LogP contribution is -1.93. The first kappa shape index (κ1) is 12.2. The summed E-state index contributed by atoms with van der Waals surface area (Å²) in [6.07, 6.45) is 4.59. The number of nitriles is 1. The number of aryl methyl sites for hydroxylation is 1. The van der Waals surface area contributed by atoms with Gasteiger partial charge in [0.25, 0.3) is 0 Å². The molecule has 3 nitrogen and oxygen atoms in total. The van der Waals surface area contributed by atoms with Crippen molar-refractivity contribution in [2.24, 2.45) is 0 Å². The predicted octanol–water partition coefficient (Wildman–Crippen LogP) is 2.92. The molecular weight excluding hydrogens is 229 g/mol. The van der Waals surface area contributed by atoms with E-state index in [0.717, 1.165) is 11.1 Å². The second-order valence-electron chi connectivity index (χ2n) is 3.90. The van der Waals surface area contributed by atoms with Gasteiger partial charge < -0.3 is 0 Å². The Hall–Kier alpha value is -2.28. The molecule has 0 aliphatic rings. The highest BCUT2D eigenvalue weighted by atomic mass is 19.1. The van der Waals surface area contributed by atoms with Crippen LogP contribution in [0.2, 0.25) is 0 Å². The molecule has 1 heterocycles. The second kappa shape index (κ2) is 5.87. The van der Waals surface area contributed by atoms with Gasteiger partial charge in [0.1, 0.15) is 0 Å². The molecule has 1 aromatic heterocycles. The summed E-state index contributed by atoms with van der Waals surface area (Å²) in [7, 11) is 0. The van der Waals surface area contributed by atoms with Gasteiger partial charge in [-0.25, -0.2) is 9.97 Å². The van der Waals surface area contributed by atoms with E-state index in [0.29, 0.717) is 24.2 Å². The summed E-state index contributed by atoms with van der Waals surface area (Å²) in [6.45, 7) is -0.322. The Labute approximate surface area is 105 Å². The van der Waals surface area contributed by atoms with Crippen molar-refractivity contribution in [3.63, 3.8) is 0 Å². The molecule has 4 heteroatoms. The maximum absolute atomic E-state index is 12.0. The molecule has 0 amide bonds. The summed E-state index contributed by atoms with van der Waals surface area (Å²) >= 11 is 0. The van der Waals surface area contributed by atoms with Crippen molar-refractivity contribution in [1.82, 2.24) is 9.97 Å². The van der Waals surface area contributed by atoms with Crippen molar-refractivity contribution in [1.29, 1.82) is 5.26 Å². The zero-order valence-corrected chi connectivity index (χ0v) is 9.81. The number of hydrogen-bond acceptors (Lipinski definition) is 3. The number of benzene rings is 1. The van der Waals surface area contributed by atoms with Gasteiger partial charge in [0.2, 0.25) is 0 Å². The highest BCUT2D eigenvalue weighted by Gasteiger charge is 2.01. The van der Waals surface area contributed by atoms with Crippen LogP contribution in [0.5, 0.6) is 0 Å². The molecule has 18 heavy (non-hydrogen) atoms. The topological polar surface area (TPSA) is 49.6 Å². The largest absolute Gasteiger partial charge is 0.251 e. The molecule has 0 saturated heterocycles. The molecule has 0 radical (unpaired) electrons. The number of aromatic nitrogens is 2. The number of halogens is 1. The fraction of sp³-hybridized carbons (Fsp3) is 0.214. The van der Waals surface area contributed by atoms with Gasteiger partial charge in [0.05, 0.1) is 18.3 Å². The Balaban J connectivity index is 2.15. The number of alkyl halides is 1. The van der Waals surface area contributed by atoms with Crippen molar-refractivity contribution < 1.29 is 4.39 Å². The quantitative estimate of drug-likeness (QED) is 0.826. The maximum atomic E-state index is 12.0. The van der Waals surface area contributed by atoms with E-state index in [1.165, 1.54) is 0 Å². The van der Waals surface area contributed by atoms with Crippen LogP contribution in [0.1, 0.15) is 17.5 Å². The van der Waals surface area contributed by atoms with E-state index in [4.69, 9.17) is 5.26 Å². The standard InChI is InChI=1S/C14H12FN3/c15-7-1-2-12-9-17-14(18-10-12)13-5-3-11(8-16)4-6-13/h3-6,9-10H,1-2,7H2. The monoisotopic (exact) mass is 241 g/mol. The Bertz CT molecular complexity index is 541. The fourth-order valence-electron chi connectivity index (χ4n) is 1.60. The van der Waals surface area contributed by atoms with Crippen molar-refractivity contribution in [3.05, 3.63) is 47.8 Å². The lowest BCUT2D eigenvalue weighted by atomic mass is 10.1. The van der Waals surface area contributed by atoms with Crippen LogP contribution in [0.25, 0.3) is 11.4 Å². The molecule has 0 bridgehead atoms. The van der Waals surface area contributed by atoms with Gasteiger partial charge in [-0.2, -0.15) is 5.26 Å². The van der Waals surface area contributed by atoms with Gasteiger partial charge in [0.15, 0.2) is 5.82 Å². The Morgan fingerprint density at radius 1 is 1.11 bits per heavy atom. The molecule has 90 valence electrons. The second-order valence-corrected chi connectivity index (χ2v) is 3.90. The number of hydrogen-bond donors (Lipinski definition) is 0. The van der Waals surface area contributed by atoms with Crippen molar-refractivity contribution >= 4 is 0 Å². The Kier molecular flexibility index (Phi) is 3.98. The maximum Gasteiger partial charge on any atom is 0.159 e. The lowest BCUT2D eigenvalue weighted by Gasteiger charge is -2.02. The van der Waals surface area contributed by atoms with E-state index < -0.39 is 0 Å². The van der Waals surface area contributed by atoms with Crippen LogP contribution in [-0.4, -0.2) is 16.6 Å². The minimum absolute atomic E-state index is 0.322. The lowest BCUT2D eigenvalue weighted by molar-refractivity contribution is 0.472. The third-order valence-electron chi connectivity index (χ3n) is 2.58. The summed E-state index contributed by atoms with van der Waals surface area (Å²) in [4.78, 5) is 8.48. The Morgan fingerprint density at radius 3 is 2.33 bits per heavy atom. The van der Waals surface area contributed by atoms with Crippen LogP contribution in [0.3, 0.4) is 0 Å². The van der Waals surface area contributed by atoms with Crippen LogP contribution in [0.15, 0.2) is 36.7 Å². The average molecular weight is 241 g/mol. The van der Waals surface area contributed by atoms with Crippen LogP contribution < -0.4 is 0 Å². The Morgan fingerprint density at radius 2 is 1.78 bits per heavy atom. The fourth-order valence-corrected chi connectivity index (χ4v) is 1.60. The van der Waals surface area contributed by atoms with E-state index in [-0.39, 0.29) is 6.67 Å². The molecule has 1 aromatic carbocycles. The smallest absolute Gasteiger partial charge is 0.159 e. The predicted molar refractivity (Wildman–Crippen MR) is 66.5 cm³/mol. The van der Waals surface area contributed by atoms with Crippen LogP contribution in [0.4, 0.5) is 4.39 Å². The molecule has 0 saturated carbocycles. The molecule has 0 spiro atoms.